The van der Waals surface area contributed by atoms with E-state index in [0.29, 0.717) is 0 Å². The summed E-state index contributed by atoms with van der Waals surface area (Å²) in [5.74, 6) is 0.738. The van der Waals surface area contributed by atoms with Crippen LogP contribution in [0.1, 0.15) is 56.1 Å². The summed E-state index contributed by atoms with van der Waals surface area (Å²) in [7, 11) is 2.10. The minimum absolute atomic E-state index is 0.738. The van der Waals surface area contributed by atoms with Gasteiger partial charge in [-0.3, -0.25) is 0 Å². The molecule has 0 heterocycles. The van der Waals surface area contributed by atoms with Gasteiger partial charge in [-0.1, -0.05) is 25.3 Å². The van der Waals surface area contributed by atoms with Gasteiger partial charge in [0.1, 0.15) is 0 Å². The van der Waals surface area contributed by atoms with Crippen LogP contribution in [0.15, 0.2) is 12.1 Å². The van der Waals surface area contributed by atoms with Gasteiger partial charge in [-0.2, -0.15) is 0 Å². The van der Waals surface area contributed by atoms with E-state index in [0.717, 1.165) is 18.2 Å². The number of nitrogens with zero attached hydrogens (tertiary/aromatic N) is 1. The van der Waals surface area contributed by atoms with Crippen LogP contribution in [0.3, 0.4) is 0 Å². The first-order valence-corrected chi connectivity index (χ1v) is 7.25. The van der Waals surface area contributed by atoms with Crippen molar-refractivity contribution in [2.75, 3.05) is 24.2 Å². The molecule has 2 heteroatoms. The topological polar surface area (TPSA) is 29.3 Å². The summed E-state index contributed by atoms with van der Waals surface area (Å²) in [5.41, 5.74) is 11.3. The summed E-state index contributed by atoms with van der Waals surface area (Å²) in [4.78, 5) is 2.22. The maximum absolute atomic E-state index is 6.32. The molecule has 0 aromatic heterocycles. The lowest BCUT2D eigenvalue weighted by Crippen LogP contribution is -2.18. The SMILES string of the molecule is CCN(C)c1ccc(C2CCCCC2)c(C)c1N. The average Bonchev–Trinajstić information content (AvgIpc) is 2.42. The number of hydrogen-bond donors (Lipinski definition) is 1. The molecule has 2 N–H and O–H groups in total. The van der Waals surface area contributed by atoms with Crippen molar-refractivity contribution >= 4 is 11.4 Å². The van der Waals surface area contributed by atoms with Crippen molar-refractivity contribution in [1.29, 1.82) is 0 Å². The Labute approximate surface area is 111 Å². The van der Waals surface area contributed by atoms with Gasteiger partial charge in [0, 0.05) is 13.6 Å². The van der Waals surface area contributed by atoms with Gasteiger partial charge >= 0.3 is 0 Å². The summed E-state index contributed by atoms with van der Waals surface area (Å²) in [6.07, 6.45) is 6.83. The molecule has 1 aliphatic carbocycles. The number of anilines is 2. The Bertz CT molecular complexity index is 406. The van der Waals surface area contributed by atoms with Crippen molar-refractivity contribution in [3.8, 4) is 0 Å². The van der Waals surface area contributed by atoms with Gasteiger partial charge in [0.15, 0.2) is 0 Å². The fourth-order valence-corrected chi connectivity index (χ4v) is 3.09. The maximum Gasteiger partial charge on any atom is 0.0600 e. The minimum atomic E-state index is 0.738. The van der Waals surface area contributed by atoms with Crippen molar-refractivity contribution < 1.29 is 0 Å². The Kier molecular flexibility index (Phi) is 4.15. The third-order valence-electron chi connectivity index (χ3n) is 4.46. The number of benzene rings is 1. The monoisotopic (exact) mass is 246 g/mol. The highest BCUT2D eigenvalue weighted by Crippen LogP contribution is 2.38. The Balaban J connectivity index is 2.30. The zero-order valence-corrected chi connectivity index (χ0v) is 12.0. The number of rotatable bonds is 3. The van der Waals surface area contributed by atoms with E-state index in [1.54, 1.807) is 0 Å². The van der Waals surface area contributed by atoms with Gasteiger partial charge in [0.2, 0.25) is 0 Å². The van der Waals surface area contributed by atoms with Crippen LogP contribution in [-0.4, -0.2) is 13.6 Å². The lowest BCUT2D eigenvalue weighted by Gasteiger charge is -2.27. The third kappa shape index (κ3) is 2.47. The van der Waals surface area contributed by atoms with Crippen molar-refractivity contribution in [2.24, 2.45) is 0 Å². The second kappa shape index (κ2) is 5.64. The quantitative estimate of drug-likeness (QED) is 0.814. The molecule has 2 nitrogen and oxygen atoms in total. The van der Waals surface area contributed by atoms with Crippen LogP contribution in [0.25, 0.3) is 0 Å². The largest absolute Gasteiger partial charge is 0.397 e. The van der Waals surface area contributed by atoms with Gasteiger partial charge in [-0.15, -0.1) is 0 Å². The van der Waals surface area contributed by atoms with E-state index in [2.05, 4.69) is 37.9 Å². The smallest absolute Gasteiger partial charge is 0.0600 e. The lowest BCUT2D eigenvalue weighted by atomic mass is 9.82. The van der Waals surface area contributed by atoms with Crippen LogP contribution in [-0.2, 0) is 0 Å². The molecule has 0 amide bonds. The van der Waals surface area contributed by atoms with Crippen molar-refractivity contribution in [3.05, 3.63) is 23.3 Å². The standard InChI is InChI=1S/C16H26N2/c1-4-18(3)15-11-10-14(12(2)16(15)17)13-8-6-5-7-9-13/h10-11,13H,4-9,17H2,1-3H3. The Morgan fingerprint density at radius 3 is 2.50 bits per heavy atom. The number of nitrogens with two attached hydrogens (primary N) is 1. The van der Waals surface area contributed by atoms with E-state index in [1.807, 2.05) is 0 Å². The molecule has 0 spiro atoms. The molecular weight excluding hydrogens is 220 g/mol. The Morgan fingerprint density at radius 2 is 1.89 bits per heavy atom. The molecule has 1 fully saturated rings. The molecule has 2 rings (SSSR count). The summed E-state index contributed by atoms with van der Waals surface area (Å²) >= 11 is 0. The molecule has 0 radical (unpaired) electrons. The Hall–Kier alpha value is -1.18. The first-order valence-electron chi connectivity index (χ1n) is 7.25. The first kappa shape index (κ1) is 13.3. The van der Waals surface area contributed by atoms with Crippen LogP contribution in [0.5, 0.6) is 0 Å². The predicted octanol–water partition coefficient (Wildman–Crippen LogP) is 4.08. The van der Waals surface area contributed by atoms with Gasteiger partial charge < -0.3 is 10.6 Å². The van der Waals surface area contributed by atoms with E-state index in [-0.39, 0.29) is 0 Å². The molecule has 0 atom stereocenters. The molecule has 0 unspecified atom stereocenters. The second-order valence-corrected chi connectivity index (χ2v) is 5.56. The second-order valence-electron chi connectivity index (χ2n) is 5.56. The zero-order valence-electron chi connectivity index (χ0n) is 12.0. The fraction of sp³-hybridized carbons (Fsp3) is 0.625. The summed E-state index contributed by atoms with van der Waals surface area (Å²) < 4.78 is 0. The van der Waals surface area contributed by atoms with Gasteiger partial charge in [-0.25, -0.2) is 0 Å². The summed E-state index contributed by atoms with van der Waals surface area (Å²) in [6.45, 7) is 5.34. The predicted molar refractivity (Wildman–Crippen MR) is 80.4 cm³/mol. The molecule has 0 aliphatic heterocycles. The average molecular weight is 246 g/mol. The summed E-state index contributed by atoms with van der Waals surface area (Å²) in [6, 6.07) is 4.51. The van der Waals surface area contributed by atoms with Gasteiger partial charge in [0.05, 0.1) is 11.4 Å². The molecule has 1 saturated carbocycles. The van der Waals surface area contributed by atoms with Gasteiger partial charge in [0.25, 0.3) is 0 Å². The molecule has 1 aromatic carbocycles. The normalized spacial score (nSPS) is 16.8. The highest BCUT2D eigenvalue weighted by Gasteiger charge is 2.19. The van der Waals surface area contributed by atoms with Crippen molar-refractivity contribution in [1.82, 2.24) is 0 Å². The van der Waals surface area contributed by atoms with Crippen LogP contribution in [0.2, 0.25) is 0 Å². The van der Waals surface area contributed by atoms with Crippen LogP contribution in [0, 0.1) is 6.92 Å². The van der Waals surface area contributed by atoms with E-state index >= 15 is 0 Å². The molecular formula is C16H26N2. The molecule has 0 saturated heterocycles. The highest BCUT2D eigenvalue weighted by atomic mass is 15.1. The molecule has 1 aliphatic rings. The van der Waals surface area contributed by atoms with E-state index in [1.165, 1.54) is 48.9 Å². The molecule has 18 heavy (non-hydrogen) atoms. The van der Waals surface area contributed by atoms with Crippen LogP contribution >= 0.6 is 0 Å². The highest BCUT2D eigenvalue weighted by molar-refractivity contribution is 5.72. The van der Waals surface area contributed by atoms with Crippen molar-refractivity contribution in [2.45, 2.75) is 51.9 Å². The molecule has 1 aromatic rings. The lowest BCUT2D eigenvalue weighted by molar-refractivity contribution is 0.442. The zero-order chi connectivity index (χ0) is 13.1. The van der Waals surface area contributed by atoms with E-state index in [4.69, 9.17) is 5.73 Å². The first-order chi connectivity index (χ1) is 8.65. The summed E-state index contributed by atoms with van der Waals surface area (Å²) in [5, 5.41) is 0. The van der Waals surface area contributed by atoms with Crippen molar-refractivity contribution in [3.63, 3.8) is 0 Å². The van der Waals surface area contributed by atoms with Crippen LogP contribution in [0.4, 0.5) is 11.4 Å². The fourth-order valence-electron chi connectivity index (χ4n) is 3.09. The maximum atomic E-state index is 6.32. The number of nitrogen functional groups attached to an aromatic ring is 1. The van der Waals surface area contributed by atoms with E-state index < -0.39 is 0 Å². The van der Waals surface area contributed by atoms with E-state index in [9.17, 15) is 0 Å². The number of hydrogen-bond acceptors (Lipinski definition) is 2. The molecule has 100 valence electrons. The minimum Gasteiger partial charge on any atom is -0.397 e. The third-order valence-corrected chi connectivity index (χ3v) is 4.46. The van der Waals surface area contributed by atoms with Crippen LogP contribution < -0.4 is 10.6 Å². The Morgan fingerprint density at radius 1 is 1.22 bits per heavy atom. The van der Waals surface area contributed by atoms with Gasteiger partial charge in [-0.05, 0) is 49.8 Å². The molecule has 0 bridgehead atoms.